The lowest BCUT2D eigenvalue weighted by Gasteiger charge is -2.14. The van der Waals surface area contributed by atoms with E-state index in [-0.39, 0.29) is 12.3 Å². The number of carbonyl (C=O) groups excluding carboxylic acids is 1. The molecule has 2 aromatic rings. The molecule has 0 saturated heterocycles. The first-order valence-electron chi connectivity index (χ1n) is 8.74. The Labute approximate surface area is 164 Å². The van der Waals surface area contributed by atoms with Gasteiger partial charge >= 0.3 is 0 Å². The van der Waals surface area contributed by atoms with Crippen molar-refractivity contribution in [3.05, 3.63) is 58.1 Å². The van der Waals surface area contributed by atoms with E-state index in [1.54, 1.807) is 6.07 Å². The highest BCUT2D eigenvalue weighted by molar-refractivity contribution is 6.30. The second kappa shape index (κ2) is 10.4. The van der Waals surface area contributed by atoms with E-state index in [0.29, 0.717) is 37.0 Å². The summed E-state index contributed by atoms with van der Waals surface area (Å²) in [6.45, 7) is 5.26. The number of hydrogen-bond donors (Lipinski definition) is 1. The Hall–Kier alpha value is -2.71. The van der Waals surface area contributed by atoms with E-state index in [4.69, 9.17) is 26.3 Å². The van der Waals surface area contributed by atoms with Crippen molar-refractivity contribution < 1.29 is 14.3 Å². The normalized spacial score (nSPS) is 10.1. The standard InChI is InChI=1S/C21H23ClN2O3/c1-15-3-4-16(2)20(13-15)27-12-11-26-19-6-5-18(22)14-17(19)8-10-24-21(25)7-9-23/h3-6,13-14H,7-8,10-12H2,1-2H3,(H,24,25). The number of aryl methyl sites for hydroxylation is 2. The van der Waals surface area contributed by atoms with E-state index in [1.165, 1.54) is 0 Å². The van der Waals surface area contributed by atoms with Crippen LogP contribution in [0.5, 0.6) is 11.5 Å². The topological polar surface area (TPSA) is 71.3 Å². The quantitative estimate of drug-likeness (QED) is 0.661. The molecule has 1 amide bonds. The van der Waals surface area contributed by atoms with E-state index >= 15 is 0 Å². The Morgan fingerprint density at radius 3 is 2.59 bits per heavy atom. The zero-order valence-electron chi connectivity index (χ0n) is 15.5. The highest BCUT2D eigenvalue weighted by atomic mass is 35.5. The van der Waals surface area contributed by atoms with E-state index in [2.05, 4.69) is 5.32 Å². The van der Waals surface area contributed by atoms with Gasteiger partial charge in [0.2, 0.25) is 5.91 Å². The average molecular weight is 387 g/mol. The summed E-state index contributed by atoms with van der Waals surface area (Å²) in [5.41, 5.74) is 3.13. The second-order valence-corrected chi connectivity index (χ2v) is 6.59. The van der Waals surface area contributed by atoms with Crippen LogP contribution in [0.25, 0.3) is 0 Å². The number of nitriles is 1. The van der Waals surface area contributed by atoms with Crippen LogP contribution in [0.15, 0.2) is 36.4 Å². The Kier molecular flexibility index (Phi) is 7.97. The van der Waals surface area contributed by atoms with Crippen molar-refractivity contribution in [1.29, 1.82) is 5.26 Å². The number of ether oxygens (including phenoxy) is 2. The number of hydrogen-bond acceptors (Lipinski definition) is 4. The van der Waals surface area contributed by atoms with Gasteiger partial charge in [0.1, 0.15) is 31.1 Å². The van der Waals surface area contributed by atoms with Crippen LogP contribution in [-0.2, 0) is 11.2 Å². The monoisotopic (exact) mass is 386 g/mol. The maximum absolute atomic E-state index is 11.4. The predicted octanol–water partition coefficient (Wildman–Crippen LogP) is 3.99. The molecule has 0 bridgehead atoms. The number of amides is 1. The van der Waals surface area contributed by atoms with E-state index in [9.17, 15) is 4.79 Å². The summed E-state index contributed by atoms with van der Waals surface area (Å²) in [5, 5.41) is 11.8. The third-order valence-electron chi connectivity index (χ3n) is 3.92. The first-order valence-corrected chi connectivity index (χ1v) is 9.12. The Morgan fingerprint density at radius 1 is 1.11 bits per heavy atom. The molecule has 1 N–H and O–H groups in total. The summed E-state index contributed by atoms with van der Waals surface area (Å²) >= 11 is 6.07. The van der Waals surface area contributed by atoms with Gasteiger partial charge in [-0.2, -0.15) is 5.26 Å². The smallest absolute Gasteiger partial charge is 0.234 e. The molecule has 2 aromatic carbocycles. The van der Waals surface area contributed by atoms with E-state index < -0.39 is 0 Å². The van der Waals surface area contributed by atoms with Crippen LogP contribution in [0.2, 0.25) is 5.02 Å². The Balaban J connectivity index is 1.87. The van der Waals surface area contributed by atoms with Crippen molar-refractivity contribution in [2.24, 2.45) is 0 Å². The molecule has 0 aromatic heterocycles. The fourth-order valence-electron chi connectivity index (χ4n) is 2.52. The lowest BCUT2D eigenvalue weighted by molar-refractivity contribution is -0.120. The molecule has 0 unspecified atom stereocenters. The molecule has 0 aliphatic rings. The van der Waals surface area contributed by atoms with Gasteiger partial charge in [0.15, 0.2) is 0 Å². The Bertz CT molecular complexity index is 831. The van der Waals surface area contributed by atoms with Gasteiger partial charge in [-0.05, 0) is 61.2 Å². The van der Waals surface area contributed by atoms with Crippen LogP contribution < -0.4 is 14.8 Å². The number of nitrogens with zero attached hydrogens (tertiary/aromatic N) is 1. The highest BCUT2D eigenvalue weighted by Crippen LogP contribution is 2.24. The van der Waals surface area contributed by atoms with Crippen LogP contribution in [0.4, 0.5) is 0 Å². The number of halogens is 1. The highest BCUT2D eigenvalue weighted by Gasteiger charge is 2.07. The lowest BCUT2D eigenvalue weighted by atomic mass is 10.1. The van der Waals surface area contributed by atoms with Gasteiger partial charge in [0.05, 0.1) is 6.07 Å². The van der Waals surface area contributed by atoms with Gasteiger partial charge in [0.25, 0.3) is 0 Å². The molecule has 0 saturated carbocycles. The molecule has 5 nitrogen and oxygen atoms in total. The summed E-state index contributed by atoms with van der Waals surface area (Å²) in [4.78, 5) is 11.4. The molecule has 0 aliphatic carbocycles. The van der Waals surface area contributed by atoms with Crippen molar-refractivity contribution in [3.8, 4) is 17.6 Å². The number of rotatable bonds is 9. The second-order valence-electron chi connectivity index (χ2n) is 6.15. The van der Waals surface area contributed by atoms with Gasteiger partial charge in [0, 0.05) is 11.6 Å². The fraction of sp³-hybridized carbons (Fsp3) is 0.333. The van der Waals surface area contributed by atoms with Gasteiger partial charge < -0.3 is 14.8 Å². The van der Waals surface area contributed by atoms with Crippen LogP contribution in [0.3, 0.4) is 0 Å². The summed E-state index contributed by atoms with van der Waals surface area (Å²) in [6.07, 6.45) is 0.416. The van der Waals surface area contributed by atoms with Crippen molar-refractivity contribution >= 4 is 17.5 Å². The molecule has 0 heterocycles. The van der Waals surface area contributed by atoms with Gasteiger partial charge in [-0.15, -0.1) is 0 Å². The van der Waals surface area contributed by atoms with Gasteiger partial charge in [-0.1, -0.05) is 23.7 Å². The first kappa shape index (κ1) is 20.6. The van der Waals surface area contributed by atoms with Crippen LogP contribution in [-0.4, -0.2) is 25.7 Å². The molecule has 0 atom stereocenters. The van der Waals surface area contributed by atoms with E-state index in [1.807, 2.05) is 50.2 Å². The maximum atomic E-state index is 11.4. The lowest BCUT2D eigenvalue weighted by Crippen LogP contribution is -2.25. The fourth-order valence-corrected chi connectivity index (χ4v) is 2.72. The molecule has 2 rings (SSSR count). The molecular formula is C21H23ClN2O3. The third kappa shape index (κ3) is 6.84. The first-order chi connectivity index (χ1) is 13.0. The van der Waals surface area contributed by atoms with Gasteiger partial charge in [-0.25, -0.2) is 0 Å². The zero-order valence-corrected chi connectivity index (χ0v) is 16.3. The van der Waals surface area contributed by atoms with Gasteiger partial charge in [-0.3, -0.25) is 4.79 Å². The minimum atomic E-state index is -0.288. The minimum absolute atomic E-state index is 0.144. The molecule has 6 heteroatoms. The largest absolute Gasteiger partial charge is 0.490 e. The summed E-state index contributed by atoms with van der Waals surface area (Å²) in [6, 6.07) is 13.3. The van der Waals surface area contributed by atoms with Crippen molar-refractivity contribution in [2.75, 3.05) is 19.8 Å². The van der Waals surface area contributed by atoms with Crippen molar-refractivity contribution in [2.45, 2.75) is 26.7 Å². The van der Waals surface area contributed by atoms with Crippen LogP contribution in [0.1, 0.15) is 23.1 Å². The molecule has 27 heavy (non-hydrogen) atoms. The average Bonchev–Trinajstić information content (AvgIpc) is 2.63. The third-order valence-corrected chi connectivity index (χ3v) is 4.16. The summed E-state index contributed by atoms with van der Waals surface area (Å²) < 4.78 is 11.6. The van der Waals surface area contributed by atoms with Crippen LogP contribution in [0, 0.1) is 25.2 Å². The van der Waals surface area contributed by atoms with Crippen molar-refractivity contribution in [3.63, 3.8) is 0 Å². The zero-order chi connectivity index (χ0) is 19.6. The van der Waals surface area contributed by atoms with Crippen LogP contribution >= 0.6 is 11.6 Å². The maximum Gasteiger partial charge on any atom is 0.234 e. The number of carbonyl (C=O) groups is 1. The summed E-state index contributed by atoms with van der Waals surface area (Å²) in [5.74, 6) is 1.28. The predicted molar refractivity (Wildman–Crippen MR) is 105 cm³/mol. The Morgan fingerprint density at radius 2 is 1.85 bits per heavy atom. The summed E-state index contributed by atoms with van der Waals surface area (Å²) in [7, 11) is 0. The molecule has 0 fully saturated rings. The minimum Gasteiger partial charge on any atom is -0.490 e. The molecule has 0 spiro atoms. The van der Waals surface area contributed by atoms with E-state index in [0.717, 1.165) is 22.4 Å². The number of nitrogens with one attached hydrogen (secondary N) is 1. The molecular weight excluding hydrogens is 364 g/mol. The molecule has 0 radical (unpaired) electrons. The molecule has 0 aliphatic heterocycles. The number of benzene rings is 2. The SMILES string of the molecule is Cc1ccc(C)c(OCCOc2ccc(Cl)cc2CCNC(=O)CC#N)c1. The molecule has 142 valence electrons. The van der Waals surface area contributed by atoms with Crippen molar-refractivity contribution in [1.82, 2.24) is 5.32 Å².